The number of hydrogen-bond donors (Lipinski definition) is 2. The summed E-state index contributed by atoms with van der Waals surface area (Å²) in [6.45, 7) is 5.45. The van der Waals surface area contributed by atoms with Crippen LogP contribution in [0.25, 0.3) is 0 Å². The lowest BCUT2D eigenvalue weighted by molar-refractivity contribution is -0.122. The molecule has 5 nitrogen and oxygen atoms in total. The fraction of sp³-hybridized carbons (Fsp3) is 0.923. The molecule has 0 saturated carbocycles. The molecule has 0 aliphatic carbocycles. The average molecular weight is 256 g/mol. The minimum Gasteiger partial charge on any atom is -0.393 e. The van der Waals surface area contributed by atoms with Gasteiger partial charge in [-0.1, -0.05) is 0 Å². The van der Waals surface area contributed by atoms with Gasteiger partial charge in [-0.2, -0.15) is 0 Å². The molecule has 0 aromatic heterocycles. The number of likely N-dealkylation sites (tertiary alicyclic amines) is 1. The number of ether oxygens (including phenoxy) is 1. The van der Waals surface area contributed by atoms with Gasteiger partial charge in [0.15, 0.2) is 0 Å². The van der Waals surface area contributed by atoms with E-state index in [0.29, 0.717) is 19.0 Å². The summed E-state index contributed by atoms with van der Waals surface area (Å²) >= 11 is 0. The van der Waals surface area contributed by atoms with Crippen LogP contribution in [0, 0.1) is 5.92 Å². The minimum absolute atomic E-state index is 0.0664. The van der Waals surface area contributed by atoms with Gasteiger partial charge in [0.05, 0.1) is 18.8 Å². The number of rotatable bonds is 5. The van der Waals surface area contributed by atoms with Gasteiger partial charge in [-0.25, -0.2) is 0 Å². The Kier molecular flexibility index (Phi) is 4.97. The maximum Gasteiger partial charge on any atom is 0.234 e. The summed E-state index contributed by atoms with van der Waals surface area (Å²) < 4.78 is 5.46. The zero-order valence-corrected chi connectivity index (χ0v) is 11.1. The minimum atomic E-state index is -0.273. The van der Waals surface area contributed by atoms with Crippen LogP contribution >= 0.6 is 0 Å². The SMILES string of the molecule is CC(O)C1CCN(CC(=O)NCC2CCCO2)C1. The molecule has 18 heavy (non-hydrogen) atoms. The van der Waals surface area contributed by atoms with Crippen molar-refractivity contribution in [2.45, 2.75) is 38.4 Å². The fourth-order valence-electron chi connectivity index (χ4n) is 2.69. The normalized spacial score (nSPS) is 30.6. The molecule has 3 unspecified atom stereocenters. The Bertz CT molecular complexity index is 277. The molecular weight excluding hydrogens is 232 g/mol. The number of amides is 1. The Morgan fingerprint density at radius 1 is 1.56 bits per heavy atom. The van der Waals surface area contributed by atoms with E-state index in [1.165, 1.54) is 0 Å². The maximum atomic E-state index is 11.8. The predicted molar refractivity (Wildman–Crippen MR) is 68.2 cm³/mol. The summed E-state index contributed by atoms with van der Waals surface area (Å²) in [7, 11) is 0. The zero-order valence-electron chi connectivity index (χ0n) is 11.1. The first kappa shape index (κ1) is 13.8. The Balaban J connectivity index is 1.62. The van der Waals surface area contributed by atoms with Crippen LogP contribution in [0.1, 0.15) is 26.2 Å². The quantitative estimate of drug-likeness (QED) is 0.726. The molecule has 0 aromatic carbocycles. The molecule has 0 aromatic rings. The molecule has 2 aliphatic heterocycles. The predicted octanol–water partition coefficient (Wildman–Crippen LogP) is -0.0157. The van der Waals surface area contributed by atoms with E-state index in [0.717, 1.165) is 39.0 Å². The van der Waals surface area contributed by atoms with Crippen LogP contribution in [0.3, 0.4) is 0 Å². The second-order valence-electron chi connectivity index (χ2n) is 5.46. The molecule has 3 atom stereocenters. The Hall–Kier alpha value is -0.650. The van der Waals surface area contributed by atoms with Crippen molar-refractivity contribution >= 4 is 5.91 Å². The van der Waals surface area contributed by atoms with Crippen LogP contribution in [-0.4, -0.2) is 60.9 Å². The monoisotopic (exact) mass is 256 g/mol. The number of hydrogen-bond acceptors (Lipinski definition) is 4. The van der Waals surface area contributed by atoms with Crippen molar-refractivity contribution in [1.29, 1.82) is 0 Å². The largest absolute Gasteiger partial charge is 0.393 e. The molecule has 104 valence electrons. The van der Waals surface area contributed by atoms with E-state index in [4.69, 9.17) is 4.74 Å². The number of carbonyl (C=O) groups is 1. The lowest BCUT2D eigenvalue weighted by Crippen LogP contribution is -2.39. The highest BCUT2D eigenvalue weighted by atomic mass is 16.5. The third-order valence-electron chi connectivity index (χ3n) is 3.91. The van der Waals surface area contributed by atoms with Crippen LogP contribution in [0.5, 0.6) is 0 Å². The smallest absolute Gasteiger partial charge is 0.234 e. The third-order valence-corrected chi connectivity index (χ3v) is 3.91. The number of nitrogens with one attached hydrogen (secondary N) is 1. The lowest BCUT2D eigenvalue weighted by atomic mass is 10.0. The Labute approximate surface area is 108 Å². The third kappa shape index (κ3) is 3.93. The van der Waals surface area contributed by atoms with Crippen LogP contribution in [0.15, 0.2) is 0 Å². The van der Waals surface area contributed by atoms with Crippen molar-refractivity contribution in [2.24, 2.45) is 5.92 Å². The fourth-order valence-corrected chi connectivity index (χ4v) is 2.69. The number of carbonyl (C=O) groups excluding carboxylic acids is 1. The molecule has 0 spiro atoms. The Morgan fingerprint density at radius 3 is 3.00 bits per heavy atom. The average Bonchev–Trinajstić information content (AvgIpc) is 2.96. The molecule has 2 saturated heterocycles. The number of nitrogens with zero attached hydrogens (tertiary/aromatic N) is 1. The molecule has 2 fully saturated rings. The molecule has 5 heteroatoms. The van der Waals surface area contributed by atoms with Gasteiger partial charge in [-0.05, 0) is 38.6 Å². The Morgan fingerprint density at radius 2 is 2.39 bits per heavy atom. The van der Waals surface area contributed by atoms with Gasteiger partial charge in [0.1, 0.15) is 0 Å². The van der Waals surface area contributed by atoms with Gasteiger partial charge < -0.3 is 15.2 Å². The highest BCUT2D eigenvalue weighted by molar-refractivity contribution is 5.78. The van der Waals surface area contributed by atoms with Crippen molar-refractivity contribution in [1.82, 2.24) is 10.2 Å². The first-order valence-electron chi connectivity index (χ1n) is 6.94. The molecule has 2 rings (SSSR count). The van der Waals surface area contributed by atoms with Crippen LogP contribution < -0.4 is 5.32 Å². The highest BCUT2D eigenvalue weighted by Crippen LogP contribution is 2.19. The first-order valence-corrected chi connectivity index (χ1v) is 6.94. The van der Waals surface area contributed by atoms with E-state index in [1.54, 1.807) is 0 Å². The van der Waals surface area contributed by atoms with Crippen molar-refractivity contribution in [3.8, 4) is 0 Å². The zero-order chi connectivity index (χ0) is 13.0. The summed E-state index contributed by atoms with van der Waals surface area (Å²) in [5, 5.41) is 12.4. The summed E-state index contributed by atoms with van der Waals surface area (Å²) in [4.78, 5) is 13.9. The molecule has 1 amide bonds. The lowest BCUT2D eigenvalue weighted by Gasteiger charge is -2.17. The van der Waals surface area contributed by atoms with E-state index in [1.807, 2.05) is 6.92 Å². The van der Waals surface area contributed by atoms with Crippen LogP contribution in [-0.2, 0) is 9.53 Å². The van der Waals surface area contributed by atoms with Gasteiger partial charge in [0.2, 0.25) is 5.91 Å². The first-order chi connectivity index (χ1) is 8.65. The van der Waals surface area contributed by atoms with Crippen LogP contribution in [0.4, 0.5) is 0 Å². The molecule has 0 radical (unpaired) electrons. The summed E-state index contributed by atoms with van der Waals surface area (Å²) in [6.07, 6.45) is 3.07. The topological polar surface area (TPSA) is 61.8 Å². The van der Waals surface area contributed by atoms with Crippen molar-refractivity contribution in [3.05, 3.63) is 0 Å². The van der Waals surface area contributed by atoms with Gasteiger partial charge >= 0.3 is 0 Å². The summed E-state index contributed by atoms with van der Waals surface area (Å²) in [5.74, 6) is 0.382. The van der Waals surface area contributed by atoms with E-state index in [-0.39, 0.29) is 18.1 Å². The van der Waals surface area contributed by atoms with Crippen molar-refractivity contribution < 1.29 is 14.6 Å². The molecular formula is C13H24N2O3. The second kappa shape index (κ2) is 6.50. The highest BCUT2D eigenvalue weighted by Gasteiger charge is 2.27. The van der Waals surface area contributed by atoms with Gasteiger partial charge in [0, 0.05) is 19.7 Å². The maximum absolute atomic E-state index is 11.8. The van der Waals surface area contributed by atoms with E-state index >= 15 is 0 Å². The van der Waals surface area contributed by atoms with Gasteiger partial charge in [-0.3, -0.25) is 9.69 Å². The molecule has 2 N–H and O–H groups in total. The van der Waals surface area contributed by atoms with Crippen molar-refractivity contribution in [2.75, 3.05) is 32.8 Å². The number of aliphatic hydroxyl groups is 1. The van der Waals surface area contributed by atoms with E-state index in [9.17, 15) is 9.90 Å². The van der Waals surface area contributed by atoms with E-state index < -0.39 is 0 Å². The molecule has 0 bridgehead atoms. The second-order valence-corrected chi connectivity index (χ2v) is 5.46. The van der Waals surface area contributed by atoms with Gasteiger partial charge in [0.25, 0.3) is 0 Å². The van der Waals surface area contributed by atoms with Crippen LogP contribution in [0.2, 0.25) is 0 Å². The summed E-state index contributed by atoms with van der Waals surface area (Å²) in [5.41, 5.74) is 0. The molecule has 2 aliphatic rings. The van der Waals surface area contributed by atoms with Gasteiger partial charge in [-0.15, -0.1) is 0 Å². The van der Waals surface area contributed by atoms with Crippen molar-refractivity contribution in [3.63, 3.8) is 0 Å². The van der Waals surface area contributed by atoms with E-state index in [2.05, 4.69) is 10.2 Å². The molecule has 2 heterocycles. The summed E-state index contributed by atoms with van der Waals surface area (Å²) in [6, 6.07) is 0. The number of aliphatic hydroxyl groups excluding tert-OH is 1. The standard InChI is InChI=1S/C13H24N2O3/c1-10(16)11-4-5-15(8-11)9-13(17)14-7-12-3-2-6-18-12/h10-12,16H,2-9H2,1H3,(H,14,17).